The molecule has 0 fully saturated rings. The molecule has 1 heterocycles. The van der Waals surface area contributed by atoms with Gasteiger partial charge in [0.15, 0.2) is 0 Å². The smallest absolute Gasteiger partial charge is 0.423 e. The van der Waals surface area contributed by atoms with Crippen LogP contribution in [0.25, 0.3) is 5.69 Å². The summed E-state index contributed by atoms with van der Waals surface area (Å²) in [6.45, 7) is 1.27. The van der Waals surface area contributed by atoms with E-state index in [0.717, 1.165) is 4.68 Å². The lowest BCUT2D eigenvalue weighted by Crippen LogP contribution is -2.22. The lowest BCUT2D eigenvalue weighted by molar-refractivity contribution is -0.137. The Bertz CT molecular complexity index is 882. The van der Waals surface area contributed by atoms with Gasteiger partial charge in [0, 0.05) is 0 Å². The Morgan fingerprint density at radius 3 is 2.08 bits per heavy atom. The number of aromatic nitrogens is 2. The molecule has 26 heavy (non-hydrogen) atoms. The maximum atomic E-state index is 13.6. The van der Waals surface area contributed by atoms with Crippen LogP contribution in [0.15, 0.2) is 17.0 Å². The molecule has 2 rings (SSSR count). The van der Waals surface area contributed by atoms with Gasteiger partial charge in [0.1, 0.15) is 11.8 Å². The zero-order chi connectivity index (χ0) is 20.0. The molecule has 0 amide bonds. The van der Waals surface area contributed by atoms with Crippen LogP contribution in [0.4, 0.5) is 17.6 Å². The summed E-state index contributed by atoms with van der Waals surface area (Å²) in [5.74, 6) is 0. The van der Waals surface area contributed by atoms with Gasteiger partial charge in [-0.05, 0) is 42.3 Å². The molecule has 0 bridgehead atoms. The lowest BCUT2D eigenvalue weighted by Gasteiger charge is -2.16. The van der Waals surface area contributed by atoms with E-state index in [4.69, 9.17) is 51.7 Å². The molecule has 0 saturated carbocycles. The zero-order valence-electron chi connectivity index (χ0n) is 12.3. The second-order valence-electron chi connectivity index (χ2n) is 4.79. The Balaban J connectivity index is 2.72. The fourth-order valence-corrected chi connectivity index (χ4v) is 4.01. The summed E-state index contributed by atoms with van der Waals surface area (Å²) in [5, 5.41) is 12.0. The Hall–Kier alpha value is -0.890. The van der Waals surface area contributed by atoms with Crippen LogP contribution in [-0.4, -0.2) is 18.3 Å². The van der Waals surface area contributed by atoms with Crippen molar-refractivity contribution < 1.29 is 22.1 Å². The predicted molar refractivity (Wildman–Crippen MR) is 90.0 cm³/mol. The maximum Gasteiger partial charge on any atom is 0.423 e. The van der Waals surface area contributed by atoms with Gasteiger partial charge in [-0.15, -0.1) is 0 Å². The lowest BCUT2D eigenvalue weighted by atomic mass is 10.2. The van der Waals surface area contributed by atoms with Gasteiger partial charge in [0.25, 0.3) is 0 Å². The third kappa shape index (κ3) is 4.01. The van der Waals surface area contributed by atoms with E-state index in [1.807, 2.05) is 0 Å². The van der Waals surface area contributed by atoms with Gasteiger partial charge < -0.3 is 4.55 Å². The fourth-order valence-electron chi connectivity index (χ4n) is 2.05. The molecule has 0 spiro atoms. The predicted octanol–water partition coefficient (Wildman–Crippen LogP) is 5.54. The largest absolute Gasteiger partial charge is 0.607 e. The molecule has 0 radical (unpaired) electrons. The van der Waals surface area contributed by atoms with E-state index in [-0.39, 0.29) is 11.4 Å². The number of benzene rings is 1. The normalized spacial score (nSPS) is 13.6. The quantitative estimate of drug-likeness (QED) is 0.337. The second-order valence-corrected chi connectivity index (χ2v) is 8.79. The molecule has 0 aliphatic rings. The minimum atomic E-state index is -4.69. The minimum Gasteiger partial charge on any atom is -0.607 e. The van der Waals surface area contributed by atoms with Crippen LogP contribution in [0.2, 0.25) is 10.0 Å². The van der Waals surface area contributed by atoms with E-state index >= 15 is 0 Å². The first kappa shape index (κ1) is 21.4. The van der Waals surface area contributed by atoms with E-state index in [2.05, 4.69) is 5.10 Å². The van der Waals surface area contributed by atoms with Crippen LogP contribution in [0.1, 0.15) is 17.0 Å². The van der Waals surface area contributed by atoms with Crippen molar-refractivity contribution in [2.45, 2.75) is 21.9 Å². The number of rotatable bonds is 3. The van der Waals surface area contributed by atoms with Crippen molar-refractivity contribution in [1.82, 2.24) is 9.78 Å². The third-order valence-electron chi connectivity index (χ3n) is 3.12. The van der Waals surface area contributed by atoms with Crippen molar-refractivity contribution in [3.8, 4) is 11.8 Å². The average Bonchev–Trinajstić information content (AvgIpc) is 2.80. The number of halogens is 8. The topological polar surface area (TPSA) is 64.7 Å². The van der Waals surface area contributed by atoms with Crippen molar-refractivity contribution in [3.63, 3.8) is 0 Å². The number of hydrogen-bond donors (Lipinski definition) is 0. The van der Waals surface area contributed by atoms with Gasteiger partial charge in [-0.3, -0.25) is 0 Å². The second kappa shape index (κ2) is 7.26. The molecule has 0 N–H and O–H groups in total. The van der Waals surface area contributed by atoms with Gasteiger partial charge in [0.2, 0.25) is 10.6 Å². The summed E-state index contributed by atoms with van der Waals surface area (Å²) in [5.41, 5.74) is -1.91. The van der Waals surface area contributed by atoms with Gasteiger partial charge in [0.05, 0.1) is 32.5 Å². The van der Waals surface area contributed by atoms with Crippen molar-refractivity contribution in [3.05, 3.63) is 39.1 Å². The average molecular weight is 469 g/mol. The van der Waals surface area contributed by atoms with Gasteiger partial charge in [-0.25, -0.2) is 4.68 Å². The number of alkyl halides is 6. The van der Waals surface area contributed by atoms with Crippen LogP contribution in [0, 0.1) is 18.3 Å². The Morgan fingerprint density at radius 2 is 1.69 bits per heavy atom. The first-order chi connectivity index (χ1) is 11.8. The molecular formula is C13H5Cl4F4N3OS. The van der Waals surface area contributed by atoms with Crippen molar-refractivity contribution >= 4 is 57.6 Å². The summed E-state index contributed by atoms with van der Waals surface area (Å²) in [6, 6.07) is 2.79. The summed E-state index contributed by atoms with van der Waals surface area (Å²) in [7, 11) is 0. The highest BCUT2D eigenvalue weighted by Crippen LogP contribution is 2.41. The highest BCUT2D eigenvalue weighted by atomic mass is 35.5. The molecular weight excluding hydrogens is 464 g/mol. The first-order valence-electron chi connectivity index (χ1n) is 6.34. The maximum absolute atomic E-state index is 13.6. The van der Waals surface area contributed by atoms with Crippen LogP contribution in [-0.2, 0) is 17.4 Å². The van der Waals surface area contributed by atoms with Crippen molar-refractivity contribution in [2.24, 2.45) is 0 Å². The van der Waals surface area contributed by atoms with E-state index in [0.29, 0.717) is 12.1 Å². The van der Waals surface area contributed by atoms with Crippen LogP contribution < -0.4 is 0 Å². The number of nitriles is 1. The van der Waals surface area contributed by atoms with E-state index in [1.165, 1.54) is 6.92 Å². The number of hydrogen-bond acceptors (Lipinski definition) is 3. The molecule has 140 valence electrons. The molecule has 1 aromatic heterocycles. The highest BCUT2D eigenvalue weighted by Gasteiger charge is 2.44. The highest BCUT2D eigenvalue weighted by molar-refractivity contribution is 7.95. The first-order valence-corrected chi connectivity index (χ1v) is 9.00. The van der Waals surface area contributed by atoms with Crippen LogP contribution in [0.3, 0.4) is 0 Å². The van der Waals surface area contributed by atoms with E-state index in [1.54, 1.807) is 6.07 Å². The molecule has 13 heteroatoms. The summed E-state index contributed by atoms with van der Waals surface area (Å²) in [4.78, 5) is -0.438. The Morgan fingerprint density at radius 1 is 1.19 bits per heavy atom. The Labute approximate surface area is 167 Å². The molecule has 4 nitrogen and oxygen atoms in total. The van der Waals surface area contributed by atoms with Crippen molar-refractivity contribution in [2.75, 3.05) is 0 Å². The molecule has 1 atom stereocenters. The summed E-state index contributed by atoms with van der Waals surface area (Å²) < 4.78 is 61.9. The summed E-state index contributed by atoms with van der Waals surface area (Å²) in [6.07, 6.45) is -4.69. The standard InChI is InChI=1S/C13H5Cl4F4N3OS/c1-5-11(26(25)13(16,17)21)9(4-22)23-24(5)10-7(14)2-6(3-8(10)15)12(18,19)20/h2-3H,1H3. The van der Waals surface area contributed by atoms with Crippen molar-refractivity contribution in [1.29, 1.82) is 5.26 Å². The zero-order valence-corrected chi connectivity index (χ0v) is 16.2. The van der Waals surface area contributed by atoms with E-state index < -0.39 is 47.5 Å². The summed E-state index contributed by atoms with van der Waals surface area (Å²) >= 11 is 19.4. The van der Waals surface area contributed by atoms with Gasteiger partial charge >= 0.3 is 10.1 Å². The molecule has 2 aromatic rings. The van der Waals surface area contributed by atoms with Crippen LogP contribution >= 0.6 is 46.4 Å². The van der Waals surface area contributed by atoms with Gasteiger partial charge in [-0.1, -0.05) is 23.2 Å². The SMILES string of the molecule is Cc1c([S+]([O-])C(F)(Cl)Cl)c(C#N)nn1-c1c(Cl)cc(C(F)(F)F)cc1Cl. The molecule has 0 aliphatic carbocycles. The molecule has 0 aliphatic heterocycles. The molecule has 1 aromatic carbocycles. The van der Waals surface area contributed by atoms with Gasteiger partial charge in [-0.2, -0.15) is 27.9 Å². The van der Waals surface area contributed by atoms with Crippen LogP contribution in [0.5, 0.6) is 0 Å². The fraction of sp³-hybridized carbons (Fsp3) is 0.231. The molecule has 0 saturated heterocycles. The monoisotopic (exact) mass is 467 g/mol. The minimum absolute atomic E-state index is 0.0910. The Kier molecular flexibility index (Phi) is 5.98. The molecule has 1 unspecified atom stereocenters. The number of nitrogens with zero attached hydrogens (tertiary/aromatic N) is 3. The third-order valence-corrected chi connectivity index (χ3v) is 5.82. The van der Waals surface area contributed by atoms with E-state index in [9.17, 15) is 22.1 Å².